The van der Waals surface area contributed by atoms with Crippen LogP contribution >= 0.6 is 0 Å². The molecule has 0 N–H and O–H groups in total. The first-order chi connectivity index (χ1) is 9.12. The summed E-state index contributed by atoms with van der Waals surface area (Å²) in [5, 5.41) is 9.30. The number of rotatable bonds is 3. The first-order valence-electron chi connectivity index (χ1n) is 6.61. The van der Waals surface area contributed by atoms with Crippen LogP contribution in [-0.4, -0.2) is 18.6 Å². The molecule has 4 heteroatoms. The van der Waals surface area contributed by atoms with Crippen molar-refractivity contribution < 1.29 is 4.42 Å². The molecule has 0 saturated heterocycles. The highest BCUT2D eigenvalue weighted by Gasteiger charge is 2.38. The number of benzene rings is 1. The molecule has 98 valence electrons. The van der Waals surface area contributed by atoms with Gasteiger partial charge in [0.1, 0.15) is 5.52 Å². The van der Waals surface area contributed by atoms with Crippen LogP contribution in [0.25, 0.3) is 11.1 Å². The van der Waals surface area contributed by atoms with Crippen LogP contribution in [-0.2, 0) is 0 Å². The molecule has 1 heterocycles. The number of hydrogen-bond donors (Lipinski definition) is 0. The van der Waals surface area contributed by atoms with E-state index in [9.17, 15) is 5.26 Å². The van der Waals surface area contributed by atoms with Gasteiger partial charge < -0.3 is 9.32 Å². The lowest BCUT2D eigenvalue weighted by Gasteiger charge is -2.38. The third kappa shape index (κ3) is 2.06. The molecule has 0 amide bonds. The summed E-state index contributed by atoms with van der Waals surface area (Å²) < 4.78 is 5.55. The predicted molar refractivity (Wildman–Crippen MR) is 73.9 cm³/mol. The fourth-order valence-electron chi connectivity index (χ4n) is 2.72. The number of nitrogens with zero attached hydrogens (tertiary/aromatic N) is 3. The minimum absolute atomic E-state index is 0.152. The van der Waals surface area contributed by atoms with E-state index >= 15 is 0 Å². The highest BCUT2D eigenvalue weighted by Crippen LogP contribution is 2.41. The maximum atomic E-state index is 9.30. The Morgan fingerprint density at radius 2 is 2.26 bits per heavy atom. The Morgan fingerprint density at radius 1 is 1.47 bits per heavy atom. The SMILES string of the molecule is Cc1nc2ccc(N(C)CC3(C#N)CCC3)cc2o1. The van der Waals surface area contributed by atoms with E-state index in [1.54, 1.807) is 0 Å². The number of oxazole rings is 1. The van der Waals surface area contributed by atoms with Crippen molar-refractivity contribution in [3.05, 3.63) is 24.1 Å². The van der Waals surface area contributed by atoms with Crippen molar-refractivity contribution in [1.82, 2.24) is 4.98 Å². The number of aryl methyl sites for hydroxylation is 1. The lowest BCUT2D eigenvalue weighted by atomic mass is 9.69. The molecule has 0 radical (unpaired) electrons. The molecule has 2 aromatic rings. The van der Waals surface area contributed by atoms with E-state index < -0.39 is 0 Å². The largest absolute Gasteiger partial charge is 0.441 e. The lowest BCUT2D eigenvalue weighted by Crippen LogP contribution is -2.39. The third-order valence-corrected chi connectivity index (χ3v) is 4.01. The summed E-state index contributed by atoms with van der Waals surface area (Å²) in [4.78, 5) is 6.43. The summed E-state index contributed by atoms with van der Waals surface area (Å²) in [6, 6.07) is 8.48. The summed E-state index contributed by atoms with van der Waals surface area (Å²) >= 11 is 0. The van der Waals surface area contributed by atoms with Crippen molar-refractivity contribution >= 4 is 16.8 Å². The van der Waals surface area contributed by atoms with Crippen LogP contribution < -0.4 is 4.90 Å². The van der Waals surface area contributed by atoms with E-state index in [1.807, 2.05) is 32.2 Å². The lowest BCUT2D eigenvalue weighted by molar-refractivity contribution is 0.223. The number of nitriles is 1. The zero-order valence-electron chi connectivity index (χ0n) is 11.3. The van der Waals surface area contributed by atoms with Crippen LogP contribution in [0.5, 0.6) is 0 Å². The molecule has 19 heavy (non-hydrogen) atoms. The van der Waals surface area contributed by atoms with E-state index in [4.69, 9.17) is 4.42 Å². The number of anilines is 1. The average Bonchev–Trinajstić information content (AvgIpc) is 2.72. The molecule has 0 spiro atoms. The van der Waals surface area contributed by atoms with E-state index in [1.165, 1.54) is 6.42 Å². The molecule has 1 aromatic carbocycles. The molecule has 1 saturated carbocycles. The zero-order valence-corrected chi connectivity index (χ0v) is 11.3. The second-order valence-electron chi connectivity index (χ2n) is 5.49. The Balaban J connectivity index is 1.85. The Labute approximate surface area is 112 Å². The maximum absolute atomic E-state index is 9.30. The number of hydrogen-bond acceptors (Lipinski definition) is 4. The van der Waals surface area contributed by atoms with Crippen molar-refractivity contribution in [3.63, 3.8) is 0 Å². The van der Waals surface area contributed by atoms with Crippen LogP contribution in [0.4, 0.5) is 5.69 Å². The molecule has 3 rings (SSSR count). The summed E-state index contributed by atoms with van der Waals surface area (Å²) in [6.07, 6.45) is 3.19. The van der Waals surface area contributed by atoms with Gasteiger partial charge in [0.15, 0.2) is 11.5 Å². The van der Waals surface area contributed by atoms with Crippen molar-refractivity contribution in [2.75, 3.05) is 18.5 Å². The monoisotopic (exact) mass is 255 g/mol. The zero-order chi connectivity index (χ0) is 13.5. The quantitative estimate of drug-likeness (QED) is 0.844. The molecule has 1 aliphatic rings. The molecule has 4 nitrogen and oxygen atoms in total. The topological polar surface area (TPSA) is 53.1 Å². The van der Waals surface area contributed by atoms with E-state index in [0.29, 0.717) is 5.89 Å². The molecule has 0 unspecified atom stereocenters. The maximum Gasteiger partial charge on any atom is 0.192 e. The molecule has 1 fully saturated rings. The van der Waals surface area contributed by atoms with Crippen molar-refractivity contribution in [2.45, 2.75) is 26.2 Å². The normalized spacial score (nSPS) is 16.9. The molecule has 0 atom stereocenters. The molecule has 0 bridgehead atoms. The second-order valence-corrected chi connectivity index (χ2v) is 5.49. The van der Waals surface area contributed by atoms with Crippen LogP contribution in [0.1, 0.15) is 25.2 Å². The molecule has 1 aliphatic carbocycles. The van der Waals surface area contributed by atoms with E-state index in [0.717, 1.165) is 36.2 Å². The molecular weight excluding hydrogens is 238 g/mol. The van der Waals surface area contributed by atoms with Crippen molar-refractivity contribution in [2.24, 2.45) is 5.41 Å². The van der Waals surface area contributed by atoms with Gasteiger partial charge in [0.25, 0.3) is 0 Å². The van der Waals surface area contributed by atoms with Crippen molar-refractivity contribution in [1.29, 1.82) is 5.26 Å². The molecule has 0 aliphatic heterocycles. The van der Waals surface area contributed by atoms with Gasteiger partial charge in [0.05, 0.1) is 11.5 Å². The first-order valence-corrected chi connectivity index (χ1v) is 6.61. The van der Waals surface area contributed by atoms with Crippen LogP contribution in [0.2, 0.25) is 0 Å². The second kappa shape index (κ2) is 4.27. The standard InChI is InChI=1S/C15H17N3O/c1-11-17-13-5-4-12(8-14(13)19-11)18(2)10-15(9-16)6-3-7-15/h4-5,8H,3,6-7,10H2,1-2H3. The number of fused-ring (bicyclic) bond motifs is 1. The Bertz CT molecular complexity index is 649. The van der Waals surface area contributed by atoms with Gasteiger partial charge in [-0.3, -0.25) is 0 Å². The van der Waals surface area contributed by atoms with Gasteiger partial charge >= 0.3 is 0 Å². The van der Waals surface area contributed by atoms with Gasteiger partial charge in [-0.2, -0.15) is 5.26 Å². The van der Waals surface area contributed by atoms with Crippen LogP contribution in [0.3, 0.4) is 0 Å². The van der Waals surface area contributed by atoms with Crippen molar-refractivity contribution in [3.8, 4) is 6.07 Å². The van der Waals surface area contributed by atoms with Gasteiger partial charge in [-0.15, -0.1) is 0 Å². The third-order valence-electron chi connectivity index (χ3n) is 4.01. The predicted octanol–water partition coefficient (Wildman–Crippen LogP) is 3.27. The highest BCUT2D eigenvalue weighted by atomic mass is 16.3. The van der Waals surface area contributed by atoms with Crippen LogP contribution in [0.15, 0.2) is 22.6 Å². The van der Waals surface area contributed by atoms with E-state index in [-0.39, 0.29) is 5.41 Å². The molecule has 1 aromatic heterocycles. The first kappa shape index (κ1) is 12.0. The fraction of sp³-hybridized carbons (Fsp3) is 0.467. The summed E-state index contributed by atoms with van der Waals surface area (Å²) in [7, 11) is 2.03. The Hall–Kier alpha value is -2.02. The highest BCUT2D eigenvalue weighted by molar-refractivity contribution is 5.77. The summed E-state index contributed by atoms with van der Waals surface area (Å²) in [5.74, 6) is 0.683. The summed E-state index contributed by atoms with van der Waals surface area (Å²) in [6.45, 7) is 2.63. The van der Waals surface area contributed by atoms with Gasteiger partial charge in [0.2, 0.25) is 0 Å². The number of aromatic nitrogens is 1. The Morgan fingerprint density at radius 3 is 2.89 bits per heavy atom. The fourth-order valence-corrected chi connectivity index (χ4v) is 2.72. The summed E-state index contributed by atoms with van der Waals surface area (Å²) in [5.41, 5.74) is 2.61. The minimum atomic E-state index is -0.152. The van der Waals surface area contributed by atoms with E-state index in [2.05, 4.69) is 16.0 Å². The van der Waals surface area contributed by atoms with Gasteiger partial charge in [-0.05, 0) is 25.0 Å². The minimum Gasteiger partial charge on any atom is -0.441 e. The van der Waals surface area contributed by atoms with Gasteiger partial charge in [-0.25, -0.2) is 4.98 Å². The van der Waals surface area contributed by atoms with Gasteiger partial charge in [0, 0.05) is 32.3 Å². The Kier molecular flexibility index (Phi) is 2.70. The van der Waals surface area contributed by atoms with Crippen LogP contribution in [0, 0.1) is 23.7 Å². The molecular formula is C15H17N3O. The average molecular weight is 255 g/mol. The smallest absolute Gasteiger partial charge is 0.192 e. The van der Waals surface area contributed by atoms with Gasteiger partial charge in [-0.1, -0.05) is 6.42 Å².